The monoisotopic (exact) mass is 379 g/mol. The highest BCUT2D eigenvalue weighted by molar-refractivity contribution is 7.89. The summed E-state index contributed by atoms with van der Waals surface area (Å²) < 4.78 is 37.7. The Morgan fingerprint density at radius 3 is 2.77 bits per heavy atom. The molecule has 140 valence electrons. The highest BCUT2D eigenvalue weighted by Crippen LogP contribution is 2.32. The smallest absolute Gasteiger partial charge is 0.247 e. The normalized spacial score (nSPS) is 18.0. The number of aryl methyl sites for hydroxylation is 2. The average molecular weight is 379 g/mol. The first-order valence-corrected chi connectivity index (χ1v) is 9.67. The molecule has 1 N–H and O–H groups in total. The third-order valence-electron chi connectivity index (χ3n) is 4.29. The molecule has 3 rings (SSSR count). The van der Waals surface area contributed by atoms with Gasteiger partial charge in [-0.15, -0.1) is 0 Å². The molecule has 0 bridgehead atoms. The van der Waals surface area contributed by atoms with Crippen LogP contribution in [0.15, 0.2) is 33.7 Å². The summed E-state index contributed by atoms with van der Waals surface area (Å²) in [6, 6.07) is 5.73. The Morgan fingerprint density at radius 1 is 1.35 bits per heavy atom. The van der Waals surface area contributed by atoms with Crippen LogP contribution in [-0.2, 0) is 14.8 Å². The van der Waals surface area contributed by atoms with Gasteiger partial charge in [0.15, 0.2) is 5.82 Å². The van der Waals surface area contributed by atoms with Crippen molar-refractivity contribution in [2.75, 3.05) is 19.0 Å². The standard InChI is InChI=1S/C17H21N3O5S/c1-11-6-7-14(24-3)15(9-11)26(22,23)20-8-4-5-13(20)17(21)18-16-10-12(2)25-19-16/h6-7,9-10,13H,4-5,8H2,1-3H3,(H,18,19,21)/t13-/m1/s1. The van der Waals surface area contributed by atoms with Crippen LogP contribution in [0.5, 0.6) is 5.75 Å². The highest BCUT2D eigenvalue weighted by atomic mass is 32.2. The van der Waals surface area contributed by atoms with Crippen LogP contribution in [0.3, 0.4) is 0 Å². The summed E-state index contributed by atoms with van der Waals surface area (Å²) in [6.07, 6.45) is 1.04. The van der Waals surface area contributed by atoms with Crippen LogP contribution in [0, 0.1) is 13.8 Å². The molecule has 1 aromatic carbocycles. The summed E-state index contributed by atoms with van der Waals surface area (Å²) in [4.78, 5) is 12.7. The number of hydrogen-bond donors (Lipinski definition) is 1. The van der Waals surface area contributed by atoms with E-state index in [-0.39, 0.29) is 23.0 Å². The average Bonchev–Trinajstić information content (AvgIpc) is 3.24. The number of sulfonamides is 1. The van der Waals surface area contributed by atoms with E-state index in [1.165, 1.54) is 11.4 Å². The Hall–Kier alpha value is -2.39. The third kappa shape index (κ3) is 3.45. The lowest BCUT2D eigenvalue weighted by molar-refractivity contribution is -0.119. The number of nitrogens with one attached hydrogen (secondary N) is 1. The van der Waals surface area contributed by atoms with E-state index in [0.29, 0.717) is 18.6 Å². The van der Waals surface area contributed by atoms with Gasteiger partial charge in [0, 0.05) is 12.6 Å². The molecule has 1 atom stereocenters. The summed E-state index contributed by atoms with van der Waals surface area (Å²) in [7, 11) is -2.46. The van der Waals surface area contributed by atoms with Crippen LogP contribution in [0.1, 0.15) is 24.2 Å². The fraction of sp³-hybridized carbons (Fsp3) is 0.412. The lowest BCUT2D eigenvalue weighted by Crippen LogP contribution is -2.43. The summed E-state index contributed by atoms with van der Waals surface area (Å²) in [5.41, 5.74) is 0.794. The minimum atomic E-state index is -3.88. The number of amides is 1. The molecule has 0 spiro atoms. The topological polar surface area (TPSA) is 102 Å². The molecule has 26 heavy (non-hydrogen) atoms. The molecule has 1 aliphatic heterocycles. The molecule has 1 saturated heterocycles. The summed E-state index contributed by atoms with van der Waals surface area (Å²) >= 11 is 0. The van der Waals surface area contributed by atoms with Crippen LogP contribution in [-0.4, -0.2) is 43.5 Å². The van der Waals surface area contributed by atoms with Crippen molar-refractivity contribution in [3.8, 4) is 5.75 Å². The Balaban J connectivity index is 1.89. The molecular weight excluding hydrogens is 358 g/mol. The quantitative estimate of drug-likeness (QED) is 0.853. The number of carbonyl (C=O) groups is 1. The van der Waals surface area contributed by atoms with Crippen molar-refractivity contribution in [3.63, 3.8) is 0 Å². The lowest BCUT2D eigenvalue weighted by atomic mass is 10.2. The first-order valence-electron chi connectivity index (χ1n) is 8.23. The lowest BCUT2D eigenvalue weighted by Gasteiger charge is -2.24. The van der Waals surface area contributed by atoms with Gasteiger partial charge in [-0.05, 0) is 44.4 Å². The van der Waals surface area contributed by atoms with Crippen molar-refractivity contribution in [2.24, 2.45) is 0 Å². The van der Waals surface area contributed by atoms with Gasteiger partial charge in [-0.1, -0.05) is 11.2 Å². The van der Waals surface area contributed by atoms with Gasteiger partial charge >= 0.3 is 0 Å². The molecule has 2 heterocycles. The number of ether oxygens (including phenoxy) is 1. The largest absolute Gasteiger partial charge is 0.495 e. The first kappa shape index (κ1) is 18.4. The van der Waals surface area contributed by atoms with Gasteiger partial charge in [0.1, 0.15) is 22.4 Å². The van der Waals surface area contributed by atoms with Crippen LogP contribution in [0.4, 0.5) is 5.82 Å². The molecule has 0 unspecified atom stereocenters. The van der Waals surface area contributed by atoms with Crippen molar-refractivity contribution in [1.82, 2.24) is 9.46 Å². The van der Waals surface area contributed by atoms with E-state index in [4.69, 9.17) is 9.26 Å². The molecule has 1 aliphatic rings. The number of rotatable bonds is 5. The first-order chi connectivity index (χ1) is 12.3. The van der Waals surface area contributed by atoms with Gasteiger partial charge in [0.25, 0.3) is 0 Å². The van der Waals surface area contributed by atoms with Gasteiger partial charge in [-0.25, -0.2) is 8.42 Å². The minimum absolute atomic E-state index is 0.0666. The maximum Gasteiger partial charge on any atom is 0.247 e. The van der Waals surface area contributed by atoms with E-state index in [1.54, 1.807) is 38.1 Å². The van der Waals surface area contributed by atoms with Crippen molar-refractivity contribution in [3.05, 3.63) is 35.6 Å². The Morgan fingerprint density at radius 2 is 2.12 bits per heavy atom. The number of nitrogens with zero attached hydrogens (tertiary/aromatic N) is 2. The van der Waals surface area contributed by atoms with Crippen LogP contribution >= 0.6 is 0 Å². The fourth-order valence-electron chi connectivity index (χ4n) is 3.04. The maximum absolute atomic E-state index is 13.2. The molecule has 9 heteroatoms. The molecule has 8 nitrogen and oxygen atoms in total. The second kappa shape index (κ2) is 7.08. The second-order valence-electron chi connectivity index (χ2n) is 6.24. The van der Waals surface area contributed by atoms with E-state index >= 15 is 0 Å². The number of carbonyl (C=O) groups excluding carboxylic acids is 1. The van der Waals surface area contributed by atoms with Crippen LogP contribution in [0.25, 0.3) is 0 Å². The summed E-state index contributed by atoms with van der Waals surface area (Å²) in [6.45, 7) is 3.79. The van der Waals surface area contributed by atoms with E-state index in [9.17, 15) is 13.2 Å². The highest BCUT2D eigenvalue weighted by Gasteiger charge is 2.40. The number of methoxy groups -OCH3 is 1. The Kier molecular flexibility index (Phi) is 5.01. The third-order valence-corrected chi connectivity index (χ3v) is 6.22. The summed E-state index contributed by atoms with van der Waals surface area (Å²) in [5, 5.41) is 6.33. The zero-order valence-electron chi connectivity index (χ0n) is 14.9. The van der Waals surface area contributed by atoms with Crippen molar-refractivity contribution >= 4 is 21.7 Å². The molecule has 0 aliphatic carbocycles. The Bertz CT molecular complexity index is 922. The summed E-state index contributed by atoms with van der Waals surface area (Å²) in [5.74, 6) is 0.658. The van der Waals surface area contributed by atoms with Crippen LogP contribution < -0.4 is 10.1 Å². The zero-order chi connectivity index (χ0) is 18.9. The molecule has 1 fully saturated rings. The van der Waals surface area contributed by atoms with Crippen molar-refractivity contribution in [1.29, 1.82) is 0 Å². The number of anilines is 1. The SMILES string of the molecule is COc1ccc(C)cc1S(=O)(=O)N1CCC[C@@H]1C(=O)Nc1cc(C)on1. The predicted molar refractivity (Wildman–Crippen MR) is 94.5 cm³/mol. The molecule has 0 saturated carbocycles. The molecule has 1 aromatic heterocycles. The van der Waals surface area contributed by atoms with Crippen molar-refractivity contribution < 1.29 is 22.5 Å². The van der Waals surface area contributed by atoms with Crippen LogP contribution in [0.2, 0.25) is 0 Å². The molecular formula is C17H21N3O5S. The number of benzene rings is 1. The van der Waals surface area contributed by atoms with Gasteiger partial charge in [-0.3, -0.25) is 4.79 Å². The second-order valence-corrected chi connectivity index (χ2v) is 8.10. The minimum Gasteiger partial charge on any atom is -0.495 e. The molecule has 0 radical (unpaired) electrons. The van der Waals surface area contributed by atoms with E-state index in [0.717, 1.165) is 5.56 Å². The fourth-order valence-corrected chi connectivity index (χ4v) is 4.94. The number of hydrogen-bond acceptors (Lipinski definition) is 6. The van der Waals surface area contributed by atoms with E-state index in [1.807, 2.05) is 0 Å². The van der Waals surface area contributed by atoms with Crippen molar-refractivity contribution in [2.45, 2.75) is 37.6 Å². The zero-order valence-corrected chi connectivity index (χ0v) is 15.7. The van der Waals surface area contributed by atoms with E-state index < -0.39 is 22.0 Å². The van der Waals surface area contributed by atoms with Gasteiger partial charge < -0.3 is 14.6 Å². The molecule has 2 aromatic rings. The van der Waals surface area contributed by atoms with Gasteiger partial charge in [0.2, 0.25) is 15.9 Å². The maximum atomic E-state index is 13.2. The van der Waals surface area contributed by atoms with E-state index in [2.05, 4.69) is 10.5 Å². The number of aromatic nitrogens is 1. The predicted octanol–water partition coefficient (Wildman–Crippen LogP) is 2.09. The molecule has 1 amide bonds. The Labute approximate surface area is 152 Å². The van der Waals surface area contributed by atoms with Gasteiger partial charge in [-0.2, -0.15) is 4.31 Å². The van der Waals surface area contributed by atoms with Gasteiger partial charge in [0.05, 0.1) is 7.11 Å².